The van der Waals surface area contributed by atoms with Gasteiger partial charge in [0.1, 0.15) is 16.8 Å². The van der Waals surface area contributed by atoms with E-state index in [2.05, 4.69) is 9.88 Å². The predicted octanol–water partition coefficient (Wildman–Crippen LogP) is 4.41. The number of esters is 1. The van der Waals surface area contributed by atoms with Gasteiger partial charge in [0.25, 0.3) is 5.91 Å². The standard InChI is InChI=1S/C22H21N3O4S/c1-12-19(17-10-16(28-3)6-7-18(17)25(12)15-4-5-15)22(27)29-13(2)20(26)24-21-14(11-23)8-9-30-21/h6-10,13,15H,4-5H2,1-3H3,(H,24,26). The first-order valence-corrected chi connectivity index (χ1v) is 10.5. The molecule has 2 heterocycles. The minimum absolute atomic E-state index is 0.377. The number of methoxy groups -OCH3 is 1. The van der Waals surface area contributed by atoms with Crippen molar-refractivity contribution in [2.24, 2.45) is 0 Å². The summed E-state index contributed by atoms with van der Waals surface area (Å²) in [4.78, 5) is 25.6. The van der Waals surface area contributed by atoms with E-state index in [-0.39, 0.29) is 0 Å². The molecule has 4 rings (SSSR count). The molecule has 0 spiro atoms. The first-order chi connectivity index (χ1) is 14.4. The molecule has 1 aliphatic rings. The van der Waals surface area contributed by atoms with Gasteiger partial charge in [0.2, 0.25) is 0 Å². The highest BCUT2D eigenvalue weighted by molar-refractivity contribution is 7.14. The predicted molar refractivity (Wildman–Crippen MR) is 114 cm³/mol. The van der Waals surface area contributed by atoms with Crippen LogP contribution in [0.15, 0.2) is 29.6 Å². The molecular formula is C22H21N3O4S. The second kappa shape index (κ2) is 7.84. The third-order valence-electron chi connectivity index (χ3n) is 5.25. The summed E-state index contributed by atoms with van der Waals surface area (Å²) in [6.45, 7) is 3.42. The summed E-state index contributed by atoms with van der Waals surface area (Å²) >= 11 is 1.24. The number of hydrogen-bond acceptors (Lipinski definition) is 6. The van der Waals surface area contributed by atoms with E-state index < -0.39 is 18.0 Å². The molecular weight excluding hydrogens is 402 g/mol. The highest BCUT2D eigenvalue weighted by Gasteiger charge is 2.32. The fraction of sp³-hybridized carbons (Fsp3) is 0.318. The summed E-state index contributed by atoms with van der Waals surface area (Å²) in [5.74, 6) is -0.389. The van der Waals surface area contributed by atoms with Crippen molar-refractivity contribution in [3.63, 3.8) is 0 Å². The van der Waals surface area contributed by atoms with Crippen LogP contribution in [0.4, 0.5) is 5.00 Å². The minimum Gasteiger partial charge on any atom is -0.497 e. The highest BCUT2D eigenvalue weighted by Crippen LogP contribution is 2.42. The van der Waals surface area contributed by atoms with Crippen molar-refractivity contribution in [1.82, 2.24) is 4.57 Å². The maximum absolute atomic E-state index is 13.1. The van der Waals surface area contributed by atoms with Gasteiger partial charge in [-0.2, -0.15) is 5.26 Å². The van der Waals surface area contributed by atoms with Crippen molar-refractivity contribution in [1.29, 1.82) is 5.26 Å². The number of hydrogen-bond donors (Lipinski definition) is 1. The molecule has 1 amide bonds. The fourth-order valence-electron chi connectivity index (χ4n) is 3.59. The molecule has 1 aromatic carbocycles. The van der Waals surface area contributed by atoms with Crippen LogP contribution in [0.2, 0.25) is 0 Å². The Morgan fingerprint density at radius 2 is 2.10 bits per heavy atom. The number of anilines is 1. The van der Waals surface area contributed by atoms with E-state index in [1.807, 2.05) is 31.2 Å². The number of nitrogens with one attached hydrogen (secondary N) is 1. The smallest absolute Gasteiger partial charge is 0.341 e. The van der Waals surface area contributed by atoms with Gasteiger partial charge in [0.05, 0.1) is 18.2 Å². The number of fused-ring (bicyclic) bond motifs is 1. The Balaban J connectivity index is 1.60. The van der Waals surface area contributed by atoms with E-state index in [4.69, 9.17) is 14.7 Å². The Bertz CT molecular complexity index is 1180. The first kappa shape index (κ1) is 20.0. The number of nitriles is 1. The molecule has 3 aromatic rings. The van der Waals surface area contributed by atoms with Gasteiger partial charge in [-0.1, -0.05) is 0 Å². The Kier molecular flexibility index (Phi) is 5.22. The summed E-state index contributed by atoms with van der Waals surface area (Å²) in [5, 5.41) is 14.7. The Morgan fingerprint density at radius 3 is 2.77 bits per heavy atom. The van der Waals surface area contributed by atoms with Crippen LogP contribution in [0.1, 0.15) is 47.4 Å². The first-order valence-electron chi connectivity index (χ1n) is 9.62. The molecule has 2 aromatic heterocycles. The van der Waals surface area contributed by atoms with Crippen LogP contribution in [-0.2, 0) is 9.53 Å². The SMILES string of the molecule is COc1ccc2c(c1)c(C(=O)OC(C)C(=O)Nc1sccc1C#N)c(C)n2C1CC1. The van der Waals surface area contributed by atoms with Gasteiger partial charge in [0, 0.05) is 22.6 Å². The number of aromatic nitrogens is 1. The summed E-state index contributed by atoms with van der Waals surface area (Å²) in [6, 6.07) is 9.68. The van der Waals surface area contributed by atoms with Crippen molar-refractivity contribution in [2.45, 2.75) is 38.8 Å². The quantitative estimate of drug-likeness (QED) is 0.593. The summed E-state index contributed by atoms with van der Waals surface area (Å²) in [6.07, 6.45) is 1.13. The molecule has 154 valence electrons. The molecule has 1 saturated carbocycles. The van der Waals surface area contributed by atoms with Crippen molar-refractivity contribution in [3.8, 4) is 11.8 Å². The van der Waals surface area contributed by atoms with E-state index >= 15 is 0 Å². The summed E-state index contributed by atoms with van der Waals surface area (Å²) in [7, 11) is 1.58. The molecule has 1 unspecified atom stereocenters. The van der Waals surface area contributed by atoms with Gasteiger partial charge >= 0.3 is 5.97 Å². The second-order valence-electron chi connectivity index (χ2n) is 7.26. The number of carbonyl (C=O) groups is 2. The number of amides is 1. The third-order valence-corrected chi connectivity index (χ3v) is 6.08. The van der Waals surface area contributed by atoms with Crippen LogP contribution in [0, 0.1) is 18.3 Å². The van der Waals surface area contributed by atoms with E-state index in [1.54, 1.807) is 18.6 Å². The molecule has 0 saturated heterocycles. The van der Waals surface area contributed by atoms with Crippen LogP contribution >= 0.6 is 11.3 Å². The normalized spacial score (nSPS) is 14.2. The van der Waals surface area contributed by atoms with E-state index in [0.717, 1.165) is 29.4 Å². The lowest BCUT2D eigenvalue weighted by Gasteiger charge is -2.13. The molecule has 1 fully saturated rings. The molecule has 1 N–H and O–H groups in total. The zero-order chi connectivity index (χ0) is 21.4. The van der Waals surface area contributed by atoms with Crippen molar-refractivity contribution < 1.29 is 19.1 Å². The number of benzene rings is 1. The van der Waals surface area contributed by atoms with Crippen LogP contribution in [0.5, 0.6) is 5.75 Å². The summed E-state index contributed by atoms with van der Waals surface area (Å²) < 4.78 is 13.0. The van der Waals surface area contributed by atoms with E-state index in [0.29, 0.717) is 27.9 Å². The lowest BCUT2D eigenvalue weighted by Crippen LogP contribution is -2.30. The zero-order valence-corrected chi connectivity index (χ0v) is 17.7. The molecule has 7 nitrogen and oxygen atoms in total. The number of thiophene rings is 1. The van der Waals surface area contributed by atoms with Crippen LogP contribution in [0.25, 0.3) is 10.9 Å². The van der Waals surface area contributed by atoms with Gasteiger partial charge in [-0.15, -0.1) is 11.3 Å². The van der Waals surface area contributed by atoms with Crippen LogP contribution < -0.4 is 10.1 Å². The van der Waals surface area contributed by atoms with Crippen molar-refractivity contribution in [3.05, 3.63) is 46.5 Å². The van der Waals surface area contributed by atoms with E-state index in [9.17, 15) is 9.59 Å². The summed E-state index contributed by atoms with van der Waals surface area (Å²) in [5.41, 5.74) is 2.60. The Labute approximate surface area is 177 Å². The number of carbonyl (C=O) groups excluding carboxylic acids is 2. The molecule has 1 aliphatic carbocycles. The van der Waals surface area contributed by atoms with Gasteiger partial charge in [-0.3, -0.25) is 4.79 Å². The Morgan fingerprint density at radius 1 is 1.33 bits per heavy atom. The van der Waals surface area contributed by atoms with Crippen LogP contribution in [-0.4, -0.2) is 29.7 Å². The average Bonchev–Trinajstić information content (AvgIpc) is 3.39. The number of ether oxygens (including phenoxy) is 2. The van der Waals surface area contributed by atoms with Gasteiger partial charge in [0.15, 0.2) is 6.10 Å². The van der Waals surface area contributed by atoms with Gasteiger partial charge < -0.3 is 19.4 Å². The maximum atomic E-state index is 13.1. The van der Waals surface area contributed by atoms with Crippen molar-refractivity contribution in [2.75, 3.05) is 12.4 Å². The largest absolute Gasteiger partial charge is 0.497 e. The van der Waals surface area contributed by atoms with Crippen molar-refractivity contribution >= 4 is 39.1 Å². The lowest BCUT2D eigenvalue weighted by atomic mass is 10.1. The third kappa shape index (κ3) is 3.53. The van der Waals surface area contributed by atoms with Gasteiger partial charge in [-0.25, -0.2) is 4.79 Å². The topological polar surface area (TPSA) is 93.3 Å². The number of rotatable bonds is 6. The molecule has 8 heteroatoms. The molecule has 1 atom stereocenters. The van der Waals surface area contributed by atoms with Crippen LogP contribution in [0.3, 0.4) is 0 Å². The fourth-order valence-corrected chi connectivity index (χ4v) is 4.33. The molecule has 0 bridgehead atoms. The zero-order valence-electron chi connectivity index (χ0n) is 16.9. The second-order valence-corrected chi connectivity index (χ2v) is 8.17. The molecule has 30 heavy (non-hydrogen) atoms. The highest BCUT2D eigenvalue weighted by atomic mass is 32.1. The van der Waals surface area contributed by atoms with E-state index in [1.165, 1.54) is 18.3 Å². The average molecular weight is 423 g/mol. The monoisotopic (exact) mass is 423 g/mol. The Hall–Kier alpha value is -3.31. The molecule has 0 radical (unpaired) electrons. The molecule has 0 aliphatic heterocycles. The minimum atomic E-state index is -1.02. The number of nitrogens with zero attached hydrogens (tertiary/aromatic N) is 2. The van der Waals surface area contributed by atoms with Gasteiger partial charge in [-0.05, 0) is 56.3 Å². The maximum Gasteiger partial charge on any atom is 0.341 e. The lowest BCUT2D eigenvalue weighted by molar-refractivity contribution is -0.123.